The van der Waals surface area contributed by atoms with E-state index in [-0.39, 0.29) is 5.91 Å². The number of carbonyl (C=O) groups is 1. The van der Waals surface area contributed by atoms with Gasteiger partial charge in [0.25, 0.3) is 5.91 Å². The highest BCUT2D eigenvalue weighted by molar-refractivity contribution is 6.13. The zero-order chi connectivity index (χ0) is 21.4. The lowest BCUT2D eigenvalue weighted by Gasteiger charge is -2.12. The molecule has 0 radical (unpaired) electrons. The molecule has 0 aliphatic carbocycles. The van der Waals surface area contributed by atoms with Crippen LogP contribution in [0.5, 0.6) is 0 Å². The van der Waals surface area contributed by atoms with Crippen molar-refractivity contribution in [3.63, 3.8) is 0 Å². The predicted molar refractivity (Wildman–Crippen MR) is 122 cm³/mol. The number of fused-ring (bicyclic) bond motifs is 1. The van der Waals surface area contributed by atoms with Gasteiger partial charge < -0.3 is 5.32 Å². The Morgan fingerprint density at radius 2 is 1.67 bits per heavy atom. The summed E-state index contributed by atoms with van der Waals surface area (Å²) in [4.78, 5) is 18.3. The largest absolute Gasteiger partial charge is 0.322 e. The molecular weight excluding hydrogens is 372 g/mol. The number of nitrogens with zero attached hydrogens (tertiary/aromatic N) is 3. The van der Waals surface area contributed by atoms with Gasteiger partial charge >= 0.3 is 0 Å². The number of carbonyl (C=O) groups excluding carboxylic acids is 1. The van der Waals surface area contributed by atoms with Crippen LogP contribution < -0.4 is 5.32 Å². The van der Waals surface area contributed by atoms with Crippen molar-refractivity contribution >= 4 is 22.6 Å². The van der Waals surface area contributed by atoms with Crippen molar-refractivity contribution in [3.05, 3.63) is 76.5 Å². The molecular formula is C25H26N4O. The van der Waals surface area contributed by atoms with E-state index in [4.69, 9.17) is 4.98 Å². The number of hydrogen-bond donors (Lipinski definition) is 1. The molecule has 152 valence electrons. The molecule has 1 N–H and O–H groups in total. The summed E-state index contributed by atoms with van der Waals surface area (Å²) in [5.74, 6) is -0.150. The Hall–Kier alpha value is -3.47. The first-order chi connectivity index (χ1) is 14.4. The van der Waals surface area contributed by atoms with Crippen LogP contribution in [-0.4, -0.2) is 20.7 Å². The first-order valence-corrected chi connectivity index (χ1v) is 10.2. The number of pyridine rings is 1. The number of hydrogen-bond acceptors (Lipinski definition) is 3. The fraction of sp³-hybridized carbons (Fsp3) is 0.240. The molecule has 5 nitrogen and oxygen atoms in total. The van der Waals surface area contributed by atoms with Crippen LogP contribution in [0.3, 0.4) is 0 Å². The first kappa shape index (κ1) is 19.8. The monoisotopic (exact) mass is 398 g/mol. The number of amides is 1. The van der Waals surface area contributed by atoms with E-state index in [0.29, 0.717) is 12.1 Å². The van der Waals surface area contributed by atoms with Crippen molar-refractivity contribution in [2.24, 2.45) is 0 Å². The molecule has 0 spiro atoms. The number of anilines is 1. The van der Waals surface area contributed by atoms with Crippen LogP contribution >= 0.6 is 0 Å². The summed E-state index contributed by atoms with van der Waals surface area (Å²) < 4.78 is 1.86. The van der Waals surface area contributed by atoms with Crippen LogP contribution in [0.4, 0.5) is 5.69 Å². The van der Waals surface area contributed by atoms with Gasteiger partial charge in [-0.3, -0.25) is 4.79 Å². The lowest BCUT2D eigenvalue weighted by molar-refractivity contribution is 0.102. The zero-order valence-corrected chi connectivity index (χ0v) is 18.1. The molecule has 0 bridgehead atoms. The molecule has 2 heterocycles. The van der Waals surface area contributed by atoms with Crippen molar-refractivity contribution in [2.45, 2.75) is 41.2 Å². The number of aryl methyl sites for hydroxylation is 5. The van der Waals surface area contributed by atoms with Crippen LogP contribution in [0.25, 0.3) is 22.3 Å². The van der Waals surface area contributed by atoms with Crippen molar-refractivity contribution in [1.82, 2.24) is 14.8 Å². The highest BCUT2D eigenvalue weighted by atomic mass is 16.1. The topological polar surface area (TPSA) is 59.8 Å². The van der Waals surface area contributed by atoms with Gasteiger partial charge in [-0.15, -0.1) is 0 Å². The maximum absolute atomic E-state index is 13.4. The average molecular weight is 399 g/mol. The molecule has 0 unspecified atom stereocenters. The van der Waals surface area contributed by atoms with E-state index in [2.05, 4.69) is 29.5 Å². The predicted octanol–water partition coefficient (Wildman–Crippen LogP) is 5.60. The van der Waals surface area contributed by atoms with Crippen LogP contribution in [0, 0.1) is 27.7 Å². The van der Waals surface area contributed by atoms with Crippen molar-refractivity contribution in [1.29, 1.82) is 0 Å². The quantitative estimate of drug-likeness (QED) is 0.486. The van der Waals surface area contributed by atoms with Crippen LogP contribution in [0.15, 0.2) is 48.5 Å². The van der Waals surface area contributed by atoms with Crippen LogP contribution in [0.2, 0.25) is 0 Å². The second-order valence-electron chi connectivity index (χ2n) is 7.79. The Labute approximate surface area is 176 Å². The lowest BCUT2D eigenvalue weighted by Crippen LogP contribution is -2.14. The highest BCUT2D eigenvalue weighted by Gasteiger charge is 2.20. The van der Waals surface area contributed by atoms with Gasteiger partial charge in [-0.2, -0.15) is 5.10 Å². The summed E-state index contributed by atoms with van der Waals surface area (Å²) in [6, 6.07) is 16.1. The summed E-state index contributed by atoms with van der Waals surface area (Å²) in [6.45, 7) is 10.7. The number of aromatic nitrogens is 3. The summed E-state index contributed by atoms with van der Waals surface area (Å²) in [6.07, 6.45) is 0. The Bertz CT molecular complexity index is 1250. The molecule has 0 saturated heterocycles. The molecule has 1 amide bonds. The molecule has 2 aromatic heterocycles. The maximum atomic E-state index is 13.4. The molecule has 0 aliphatic heterocycles. The second kappa shape index (κ2) is 7.75. The molecule has 4 aromatic rings. The van der Waals surface area contributed by atoms with Gasteiger partial charge in [0.2, 0.25) is 0 Å². The third-order valence-corrected chi connectivity index (χ3v) is 5.41. The average Bonchev–Trinajstić information content (AvgIpc) is 3.06. The van der Waals surface area contributed by atoms with Crippen molar-refractivity contribution in [3.8, 4) is 11.3 Å². The SMILES string of the molecule is CCn1nc(C)c2c(C(=O)Nc3cc(C)ccc3C)cc(-c3ccc(C)cc3)nc21. The van der Waals surface area contributed by atoms with Crippen molar-refractivity contribution < 1.29 is 4.79 Å². The third-order valence-electron chi connectivity index (χ3n) is 5.41. The summed E-state index contributed by atoms with van der Waals surface area (Å²) in [5, 5.41) is 8.51. The van der Waals surface area contributed by atoms with Crippen molar-refractivity contribution in [2.75, 3.05) is 5.32 Å². The van der Waals surface area contributed by atoms with Gasteiger partial charge in [0.1, 0.15) is 0 Å². The van der Waals surface area contributed by atoms with E-state index in [1.165, 1.54) is 5.56 Å². The minimum absolute atomic E-state index is 0.150. The summed E-state index contributed by atoms with van der Waals surface area (Å²) in [7, 11) is 0. The van der Waals surface area contributed by atoms with Gasteiger partial charge in [0.05, 0.1) is 22.3 Å². The molecule has 0 aliphatic rings. The summed E-state index contributed by atoms with van der Waals surface area (Å²) >= 11 is 0. The van der Waals surface area contributed by atoms with Gasteiger partial charge in [-0.25, -0.2) is 9.67 Å². The fourth-order valence-corrected chi connectivity index (χ4v) is 3.69. The smallest absolute Gasteiger partial charge is 0.256 e. The standard InChI is InChI=1S/C25H26N4O/c1-6-29-24-23(18(5)28-29)20(14-22(26-24)19-11-8-15(2)9-12-19)25(30)27-21-13-16(3)7-10-17(21)4/h7-14H,6H2,1-5H3,(H,27,30). The van der Waals surface area contributed by atoms with E-state index in [9.17, 15) is 4.79 Å². The van der Waals surface area contributed by atoms with Gasteiger partial charge in [0, 0.05) is 17.8 Å². The van der Waals surface area contributed by atoms with E-state index in [1.54, 1.807) is 0 Å². The maximum Gasteiger partial charge on any atom is 0.256 e. The third kappa shape index (κ3) is 3.59. The molecule has 0 atom stereocenters. The molecule has 2 aromatic carbocycles. The minimum atomic E-state index is -0.150. The first-order valence-electron chi connectivity index (χ1n) is 10.2. The molecule has 0 saturated carbocycles. The molecule has 30 heavy (non-hydrogen) atoms. The van der Waals surface area contributed by atoms with E-state index < -0.39 is 0 Å². The number of nitrogens with one attached hydrogen (secondary N) is 1. The minimum Gasteiger partial charge on any atom is -0.322 e. The van der Waals surface area contributed by atoms with E-state index >= 15 is 0 Å². The Kier molecular flexibility index (Phi) is 5.12. The van der Waals surface area contributed by atoms with E-state index in [0.717, 1.165) is 44.8 Å². The van der Waals surface area contributed by atoms with Gasteiger partial charge in [-0.1, -0.05) is 42.0 Å². The molecule has 0 fully saturated rings. The number of benzene rings is 2. The van der Waals surface area contributed by atoms with E-state index in [1.807, 2.05) is 68.8 Å². The highest BCUT2D eigenvalue weighted by Crippen LogP contribution is 2.28. The normalized spacial score (nSPS) is 11.1. The van der Waals surface area contributed by atoms with Crippen LogP contribution in [-0.2, 0) is 6.54 Å². The zero-order valence-electron chi connectivity index (χ0n) is 18.1. The Balaban J connectivity index is 1.88. The number of rotatable bonds is 4. The Morgan fingerprint density at radius 1 is 0.967 bits per heavy atom. The fourth-order valence-electron chi connectivity index (χ4n) is 3.69. The molecule has 4 rings (SSSR count). The molecule has 5 heteroatoms. The van der Waals surface area contributed by atoms with Gasteiger partial charge in [-0.05, 0) is 57.9 Å². The Morgan fingerprint density at radius 3 is 2.37 bits per heavy atom. The second-order valence-corrected chi connectivity index (χ2v) is 7.79. The lowest BCUT2D eigenvalue weighted by atomic mass is 10.0. The summed E-state index contributed by atoms with van der Waals surface area (Å²) in [5.41, 5.74) is 8.01. The van der Waals surface area contributed by atoms with Crippen LogP contribution in [0.1, 0.15) is 39.7 Å². The van der Waals surface area contributed by atoms with Gasteiger partial charge in [0.15, 0.2) is 5.65 Å².